The fourth-order valence-corrected chi connectivity index (χ4v) is 3.82. The van der Waals surface area contributed by atoms with Crippen LogP contribution in [0.1, 0.15) is 24.2 Å². The first-order chi connectivity index (χ1) is 13.2. The fourth-order valence-electron chi connectivity index (χ4n) is 3.56. The summed E-state index contributed by atoms with van der Waals surface area (Å²) in [5, 5.41) is 0. The van der Waals surface area contributed by atoms with Gasteiger partial charge in [0.05, 0.1) is 18.9 Å². The summed E-state index contributed by atoms with van der Waals surface area (Å²) in [6, 6.07) is 27.2. The van der Waals surface area contributed by atoms with Gasteiger partial charge in [0.2, 0.25) is 0 Å². The Morgan fingerprint density at radius 1 is 0.889 bits per heavy atom. The van der Waals surface area contributed by atoms with Crippen LogP contribution in [0.15, 0.2) is 88.3 Å². The van der Waals surface area contributed by atoms with Gasteiger partial charge in [-0.2, -0.15) is 0 Å². The molecule has 0 N–H and O–H groups in total. The number of para-hydroxylation sites is 1. The van der Waals surface area contributed by atoms with Gasteiger partial charge in [0.1, 0.15) is 11.9 Å². The molecule has 2 unspecified atom stereocenters. The number of rotatable bonds is 4. The van der Waals surface area contributed by atoms with Crippen molar-refractivity contribution in [2.24, 2.45) is 4.99 Å². The topological polar surface area (TPSA) is 24.8 Å². The first-order valence-corrected chi connectivity index (χ1v) is 9.77. The summed E-state index contributed by atoms with van der Waals surface area (Å²) in [5.74, 6) is 0.855. The van der Waals surface area contributed by atoms with Gasteiger partial charge in [-0.05, 0) is 54.4 Å². The zero-order valence-corrected chi connectivity index (χ0v) is 16.9. The normalized spacial score (nSPS) is 19.1. The van der Waals surface area contributed by atoms with Crippen molar-refractivity contribution in [2.45, 2.75) is 19.1 Å². The van der Waals surface area contributed by atoms with E-state index < -0.39 is 0 Å². The van der Waals surface area contributed by atoms with Crippen LogP contribution in [0.5, 0.6) is 5.75 Å². The Morgan fingerprint density at radius 2 is 1.56 bits per heavy atom. The average Bonchev–Trinajstić information content (AvgIpc) is 3.06. The fraction of sp³-hybridized carbons (Fsp3) is 0.174. The SMILES string of the molecule is COc1ccc(C2N=C(c3ccc(Br)cc3)C(C)N2c2ccccc2)cc1. The number of methoxy groups -OCH3 is 1. The van der Waals surface area contributed by atoms with E-state index in [4.69, 9.17) is 9.73 Å². The van der Waals surface area contributed by atoms with Crippen LogP contribution in [0.3, 0.4) is 0 Å². The minimum Gasteiger partial charge on any atom is -0.497 e. The molecule has 4 heteroatoms. The van der Waals surface area contributed by atoms with Crippen molar-refractivity contribution in [1.82, 2.24) is 0 Å². The standard InChI is InChI=1S/C23H21BrN2O/c1-16-22(17-8-12-19(24)13-9-17)25-23(18-10-14-21(27-2)15-11-18)26(16)20-6-4-3-5-7-20/h3-16,23H,1-2H3. The first kappa shape index (κ1) is 17.8. The lowest BCUT2D eigenvalue weighted by Crippen LogP contribution is -2.35. The van der Waals surface area contributed by atoms with Crippen LogP contribution in [-0.4, -0.2) is 18.9 Å². The molecule has 3 nitrogen and oxygen atoms in total. The van der Waals surface area contributed by atoms with E-state index >= 15 is 0 Å². The van der Waals surface area contributed by atoms with E-state index in [1.807, 2.05) is 18.2 Å². The predicted octanol–water partition coefficient (Wildman–Crippen LogP) is 5.85. The Kier molecular flexibility index (Phi) is 4.99. The molecule has 0 bridgehead atoms. The molecular formula is C23H21BrN2O. The molecule has 1 aliphatic heterocycles. The van der Waals surface area contributed by atoms with Crippen LogP contribution in [0.2, 0.25) is 0 Å². The van der Waals surface area contributed by atoms with Gasteiger partial charge >= 0.3 is 0 Å². The van der Waals surface area contributed by atoms with Crippen LogP contribution in [0.4, 0.5) is 5.69 Å². The molecule has 4 rings (SSSR count). The van der Waals surface area contributed by atoms with E-state index in [1.54, 1.807) is 7.11 Å². The number of hydrogen-bond donors (Lipinski definition) is 0. The van der Waals surface area contributed by atoms with Crippen LogP contribution in [-0.2, 0) is 0 Å². The summed E-state index contributed by atoms with van der Waals surface area (Å²) < 4.78 is 6.39. The number of aliphatic imine (C=N–C) groups is 1. The van der Waals surface area contributed by atoms with Crippen molar-refractivity contribution in [3.63, 3.8) is 0 Å². The van der Waals surface area contributed by atoms with Crippen molar-refractivity contribution in [2.75, 3.05) is 12.0 Å². The molecule has 3 aromatic rings. The molecule has 1 aliphatic rings. The third kappa shape index (κ3) is 3.50. The summed E-state index contributed by atoms with van der Waals surface area (Å²) in [5.41, 5.74) is 4.58. The molecule has 1 heterocycles. The van der Waals surface area contributed by atoms with Gasteiger partial charge in [-0.15, -0.1) is 0 Å². The van der Waals surface area contributed by atoms with E-state index in [9.17, 15) is 0 Å². The van der Waals surface area contributed by atoms with Crippen LogP contribution < -0.4 is 9.64 Å². The summed E-state index contributed by atoms with van der Waals surface area (Å²) >= 11 is 3.52. The second kappa shape index (κ2) is 7.57. The quantitative estimate of drug-likeness (QED) is 0.528. The molecule has 27 heavy (non-hydrogen) atoms. The van der Waals surface area contributed by atoms with Gasteiger partial charge in [-0.3, -0.25) is 4.99 Å². The van der Waals surface area contributed by atoms with Gasteiger partial charge in [0, 0.05) is 10.2 Å². The van der Waals surface area contributed by atoms with Gasteiger partial charge in [-0.1, -0.05) is 58.4 Å². The maximum atomic E-state index is 5.31. The third-order valence-electron chi connectivity index (χ3n) is 4.95. The molecule has 0 aromatic heterocycles. The highest BCUT2D eigenvalue weighted by Crippen LogP contribution is 2.37. The molecule has 0 fully saturated rings. The number of benzene rings is 3. The molecule has 136 valence electrons. The molecule has 0 amide bonds. The highest BCUT2D eigenvalue weighted by Gasteiger charge is 2.35. The summed E-state index contributed by atoms with van der Waals surface area (Å²) in [6.45, 7) is 2.22. The number of nitrogens with zero attached hydrogens (tertiary/aromatic N) is 2. The molecule has 0 saturated heterocycles. The van der Waals surface area contributed by atoms with E-state index in [0.717, 1.165) is 27.1 Å². The van der Waals surface area contributed by atoms with Gasteiger partial charge < -0.3 is 9.64 Å². The monoisotopic (exact) mass is 420 g/mol. The van der Waals surface area contributed by atoms with Crippen molar-refractivity contribution in [3.8, 4) is 5.75 Å². The van der Waals surface area contributed by atoms with E-state index in [0.29, 0.717) is 0 Å². The molecule has 0 aliphatic carbocycles. The maximum Gasteiger partial charge on any atom is 0.148 e. The zero-order valence-electron chi connectivity index (χ0n) is 15.3. The summed E-state index contributed by atoms with van der Waals surface area (Å²) in [6.07, 6.45) is -0.0630. The summed E-state index contributed by atoms with van der Waals surface area (Å²) in [4.78, 5) is 7.51. The Labute approximate surface area is 168 Å². The number of anilines is 1. The van der Waals surface area contributed by atoms with Crippen LogP contribution >= 0.6 is 15.9 Å². The molecule has 0 spiro atoms. The largest absolute Gasteiger partial charge is 0.497 e. The number of ether oxygens (including phenoxy) is 1. The second-order valence-corrected chi connectivity index (χ2v) is 7.50. The van der Waals surface area contributed by atoms with E-state index in [2.05, 4.69) is 88.4 Å². The summed E-state index contributed by atoms with van der Waals surface area (Å²) in [7, 11) is 1.69. The highest BCUT2D eigenvalue weighted by atomic mass is 79.9. The Balaban J connectivity index is 1.78. The van der Waals surface area contributed by atoms with Crippen molar-refractivity contribution in [3.05, 3.63) is 94.5 Å². The third-order valence-corrected chi connectivity index (χ3v) is 5.47. The number of halogens is 1. The maximum absolute atomic E-state index is 5.31. The average molecular weight is 421 g/mol. The second-order valence-electron chi connectivity index (χ2n) is 6.59. The molecular weight excluding hydrogens is 400 g/mol. The van der Waals surface area contributed by atoms with Crippen molar-refractivity contribution >= 4 is 27.3 Å². The molecule has 3 aromatic carbocycles. The molecule has 0 radical (unpaired) electrons. The van der Waals surface area contributed by atoms with Crippen molar-refractivity contribution in [1.29, 1.82) is 0 Å². The molecule has 2 atom stereocenters. The Morgan fingerprint density at radius 3 is 2.19 bits per heavy atom. The molecule has 0 saturated carbocycles. The lowest BCUT2D eigenvalue weighted by molar-refractivity contribution is 0.414. The van der Waals surface area contributed by atoms with Crippen LogP contribution in [0.25, 0.3) is 0 Å². The van der Waals surface area contributed by atoms with E-state index in [1.165, 1.54) is 5.69 Å². The minimum absolute atomic E-state index is 0.0630. The van der Waals surface area contributed by atoms with Gasteiger partial charge in [-0.25, -0.2) is 0 Å². The Bertz CT molecular complexity index is 936. The smallest absolute Gasteiger partial charge is 0.148 e. The van der Waals surface area contributed by atoms with Crippen molar-refractivity contribution < 1.29 is 4.74 Å². The Hall–Kier alpha value is -2.59. The minimum atomic E-state index is -0.0630. The first-order valence-electron chi connectivity index (χ1n) is 8.98. The predicted molar refractivity (Wildman–Crippen MR) is 115 cm³/mol. The van der Waals surface area contributed by atoms with Gasteiger partial charge in [0.25, 0.3) is 0 Å². The highest BCUT2D eigenvalue weighted by molar-refractivity contribution is 9.10. The lowest BCUT2D eigenvalue weighted by atomic mass is 10.0. The lowest BCUT2D eigenvalue weighted by Gasteiger charge is -2.30. The van der Waals surface area contributed by atoms with Gasteiger partial charge in [0.15, 0.2) is 0 Å². The van der Waals surface area contributed by atoms with E-state index in [-0.39, 0.29) is 12.2 Å². The number of hydrogen-bond acceptors (Lipinski definition) is 3. The zero-order chi connectivity index (χ0) is 18.8. The van der Waals surface area contributed by atoms with Crippen LogP contribution in [0, 0.1) is 0 Å².